The number of nitrogens with two attached hydrogens (primary N) is 1. The van der Waals surface area contributed by atoms with Gasteiger partial charge in [-0.2, -0.15) is 10.4 Å². The number of aliphatic imine (C=N–C) groups is 1. The van der Waals surface area contributed by atoms with Crippen molar-refractivity contribution in [3.63, 3.8) is 0 Å². The van der Waals surface area contributed by atoms with Crippen LogP contribution in [0, 0.1) is 17.2 Å². The van der Waals surface area contributed by atoms with Crippen LogP contribution in [0.1, 0.15) is 31.7 Å². The Morgan fingerprint density at radius 3 is 2.63 bits per heavy atom. The van der Waals surface area contributed by atoms with E-state index in [0.29, 0.717) is 11.5 Å². The first-order valence-corrected chi connectivity index (χ1v) is 9.99. The van der Waals surface area contributed by atoms with E-state index < -0.39 is 0 Å². The van der Waals surface area contributed by atoms with Gasteiger partial charge in [0.15, 0.2) is 0 Å². The first-order valence-electron chi connectivity index (χ1n) is 9.99. The second kappa shape index (κ2) is 9.70. The first-order chi connectivity index (χ1) is 14.6. The lowest BCUT2D eigenvalue weighted by molar-refractivity contribution is 0.575. The quantitative estimate of drug-likeness (QED) is 0.557. The minimum Gasteiger partial charge on any atom is -0.404 e. The zero-order chi connectivity index (χ0) is 21.5. The fraction of sp³-hybridized carbons (Fsp3) is 0.304. The van der Waals surface area contributed by atoms with Crippen molar-refractivity contribution in [1.29, 1.82) is 5.26 Å². The van der Waals surface area contributed by atoms with E-state index in [4.69, 9.17) is 10.7 Å². The van der Waals surface area contributed by atoms with Gasteiger partial charge in [-0.05, 0) is 36.2 Å². The van der Waals surface area contributed by atoms with Gasteiger partial charge in [-0.15, -0.1) is 0 Å². The molecule has 2 heterocycles. The number of aromatic nitrogens is 4. The molecule has 7 nitrogen and oxygen atoms in total. The minimum absolute atomic E-state index is 0.457. The second-order valence-electron chi connectivity index (χ2n) is 7.53. The number of rotatable bonds is 8. The van der Waals surface area contributed by atoms with Gasteiger partial charge in [0.2, 0.25) is 0 Å². The first kappa shape index (κ1) is 21.1. The van der Waals surface area contributed by atoms with Crippen LogP contribution in [0.5, 0.6) is 0 Å². The summed E-state index contributed by atoms with van der Waals surface area (Å²) in [5, 5.41) is 16.2. The highest BCUT2D eigenvalue weighted by atomic mass is 15.1. The lowest BCUT2D eigenvalue weighted by Crippen LogP contribution is -2.10. The van der Waals surface area contributed by atoms with Gasteiger partial charge in [0, 0.05) is 43.6 Å². The van der Waals surface area contributed by atoms with Crippen LogP contribution in [0.4, 0.5) is 0 Å². The van der Waals surface area contributed by atoms with Gasteiger partial charge < -0.3 is 10.3 Å². The highest BCUT2D eigenvalue weighted by Crippen LogP contribution is 2.34. The van der Waals surface area contributed by atoms with Gasteiger partial charge in [0.25, 0.3) is 0 Å². The van der Waals surface area contributed by atoms with E-state index >= 15 is 0 Å². The molecule has 0 amide bonds. The molecular weight excluding hydrogens is 374 g/mol. The van der Waals surface area contributed by atoms with Gasteiger partial charge in [-0.3, -0.25) is 10.1 Å². The van der Waals surface area contributed by atoms with Gasteiger partial charge >= 0.3 is 0 Å². The maximum atomic E-state index is 9.17. The highest BCUT2D eigenvalue weighted by Gasteiger charge is 2.21. The Bertz CT molecular complexity index is 1060. The molecule has 0 fully saturated rings. The van der Waals surface area contributed by atoms with Crippen molar-refractivity contribution in [1.82, 2.24) is 19.7 Å². The molecule has 3 rings (SSSR count). The van der Waals surface area contributed by atoms with Crippen LogP contribution in [-0.4, -0.2) is 33.0 Å². The second-order valence-corrected chi connectivity index (χ2v) is 7.53. The summed E-state index contributed by atoms with van der Waals surface area (Å²) in [7, 11) is 1.74. The predicted octanol–water partition coefficient (Wildman–Crippen LogP) is 3.94. The number of hydrogen-bond acceptors (Lipinski definition) is 5. The van der Waals surface area contributed by atoms with E-state index in [1.165, 1.54) is 0 Å². The molecular formula is C23H27N7. The predicted molar refractivity (Wildman–Crippen MR) is 120 cm³/mol. The molecule has 3 N–H and O–H groups in total. The molecule has 0 aliphatic rings. The molecule has 0 bridgehead atoms. The van der Waals surface area contributed by atoms with Crippen molar-refractivity contribution >= 4 is 6.21 Å². The highest BCUT2D eigenvalue weighted by molar-refractivity contribution is 5.79. The van der Waals surface area contributed by atoms with Gasteiger partial charge in [-0.1, -0.05) is 26.0 Å². The number of allylic oxidation sites excluding steroid dienone is 1. The molecule has 0 aliphatic carbocycles. The Hall–Kier alpha value is -3.66. The van der Waals surface area contributed by atoms with E-state index in [1.54, 1.807) is 25.7 Å². The van der Waals surface area contributed by atoms with Crippen LogP contribution >= 0.6 is 0 Å². The van der Waals surface area contributed by atoms with E-state index in [1.807, 2.05) is 30.5 Å². The van der Waals surface area contributed by atoms with Gasteiger partial charge in [-0.25, -0.2) is 4.98 Å². The normalized spacial score (nSPS) is 12.0. The third-order valence-electron chi connectivity index (χ3n) is 4.83. The Balaban J connectivity index is 2.16. The number of nitrogens with zero attached hydrogens (tertiary/aromatic N) is 5. The summed E-state index contributed by atoms with van der Waals surface area (Å²) in [6.07, 6.45) is 8.62. The van der Waals surface area contributed by atoms with Crippen molar-refractivity contribution in [3.05, 3.63) is 59.8 Å². The average Bonchev–Trinajstić information content (AvgIpc) is 3.39. The van der Waals surface area contributed by atoms with Crippen molar-refractivity contribution in [3.8, 4) is 28.6 Å². The van der Waals surface area contributed by atoms with Crippen LogP contribution in [0.25, 0.3) is 22.5 Å². The maximum absolute atomic E-state index is 9.17. The number of aromatic amines is 1. The number of H-pyrrole nitrogens is 1. The molecule has 0 saturated carbocycles. The number of benzene rings is 1. The third-order valence-corrected chi connectivity index (χ3v) is 4.83. The van der Waals surface area contributed by atoms with Crippen LogP contribution in [0.15, 0.2) is 53.4 Å². The molecule has 0 spiro atoms. The molecule has 2 aromatic heterocycles. The molecule has 0 aliphatic heterocycles. The maximum Gasteiger partial charge on any atom is 0.110 e. The van der Waals surface area contributed by atoms with Crippen LogP contribution in [0.2, 0.25) is 0 Å². The van der Waals surface area contributed by atoms with Gasteiger partial charge in [0.05, 0.1) is 29.2 Å². The summed E-state index contributed by atoms with van der Waals surface area (Å²) in [5.74, 6) is 1.48. The zero-order valence-electron chi connectivity index (χ0n) is 17.6. The summed E-state index contributed by atoms with van der Waals surface area (Å²) < 4.78 is 2.26. The molecule has 0 saturated heterocycles. The standard InChI is InChI=1S/C23H27N7/c1-16(2)10-21-29-22(20-14-27-28-15-20)23(19-6-4-17(11-24)5-7-19)30(21)9-8-18(12-25)13-26-3/h4-7,12-16H,8-10,25H2,1-3H3,(H,27,28)/b18-12-,26-13?. The monoisotopic (exact) mass is 401 g/mol. The Morgan fingerprint density at radius 2 is 2.07 bits per heavy atom. The Kier molecular flexibility index (Phi) is 6.81. The number of nitrogens with one attached hydrogen (secondary N) is 1. The fourth-order valence-electron chi connectivity index (χ4n) is 3.44. The molecule has 3 aromatic rings. The van der Waals surface area contributed by atoms with E-state index in [0.717, 1.165) is 53.3 Å². The molecule has 154 valence electrons. The lowest BCUT2D eigenvalue weighted by atomic mass is 10.0. The molecule has 7 heteroatoms. The van der Waals surface area contributed by atoms with Crippen molar-refractivity contribution in [2.24, 2.45) is 16.6 Å². The Labute approximate surface area is 177 Å². The Morgan fingerprint density at radius 1 is 1.30 bits per heavy atom. The van der Waals surface area contributed by atoms with Crippen LogP contribution in [0.3, 0.4) is 0 Å². The molecule has 0 unspecified atom stereocenters. The van der Waals surface area contributed by atoms with Crippen molar-refractivity contribution in [2.45, 2.75) is 33.2 Å². The smallest absolute Gasteiger partial charge is 0.110 e. The fourth-order valence-corrected chi connectivity index (χ4v) is 3.44. The molecule has 0 radical (unpaired) electrons. The molecule has 1 aromatic carbocycles. The van der Waals surface area contributed by atoms with E-state index in [9.17, 15) is 5.26 Å². The zero-order valence-corrected chi connectivity index (χ0v) is 17.6. The average molecular weight is 402 g/mol. The van der Waals surface area contributed by atoms with E-state index in [2.05, 4.69) is 39.7 Å². The summed E-state index contributed by atoms with van der Waals surface area (Å²) in [4.78, 5) is 9.11. The number of hydrogen-bond donors (Lipinski definition) is 2. The summed E-state index contributed by atoms with van der Waals surface area (Å²) in [6.45, 7) is 5.09. The van der Waals surface area contributed by atoms with Crippen molar-refractivity contribution in [2.75, 3.05) is 7.05 Å². The SMILES string of the molecule is CN=C/C(=C\N)CCn1c(CC(C)C)nc(-c2cn[nH]c2)c1-c1ccc(C#N)cc1. The van der Waals surface area contributed by atoms with E-state index in [-0.39, 0.29) is 0 Å². The summed E-state index contributed by atoms with van der Waals surface area (Å²) >= 11 is 0. The molecule has 0 atom stereocenters. The largest absolute Gasteiger partial charge is 0.404 e. The lowest BCUT2D eigenvalue weighted by Gasteiger charge is -2.14. The summed E-state index contributed by atoms with van der Waals surface area (Å²) in [6, 6.07) is 9.80. The number of imidazole rings is 1. The van der Waals surface area contributed by atoms with Crippen LogP contribution in [-0.2, 0) is 13.0 Å². The van der Waals surface area contributed by atoms with Gasteiger partial charge in [0.1, 0.15) is 5.82 Å². The topological polar surface area (TPSA) is 109 Å². The van der Waals surface area contributed by atoms with Crippen molar-refractivity contribution < 1.29 is 0 Å². The summed E-state index contributed by atoms with van der Waals surface area (Å²) in [5.41, 5.74) is 11.2. The molecule has 30 heavy (non-hydrogen) atoms. The van der Waals surface area contributed by atoms with Crippen LogP contribution < -0.4 is 5.73 Å². The minimum atomic E-state index is 0.457. The number of nitriles is 1. The third kappa shape index (κ3) is 4.66.